The second kappa shape index (κ2) is 7.79. The molecule has 0 radical (unpaired) electrons. The van der Waals surface area contributed by atoms with Gasteiger partial charge in [-0.15, -0.1) is 0 Å². The molecule has 0 aromatic carbocycles. The van der Waals surface area contributed by atoms with Crippen LogP contribution in [0.3, 0.4) is 0 Å². The van der Waals surface area contributed by atoms with Gasteiger partial charge in [0.05, 0.1) is 25.1 Å². The lowest BCUT2D eigenvalue weighted by molar-refractivity contribution is -0.120. The van der Waals surface area contributed by atoms with Crippen LogP contribution < -0.4 is 10.6 Å². The summed E-state index contributed by atoms with van der Waals surface area (Å²) < 4.78 is 0. The number of hydrogen-bond donors (Lipinski definition) is 3. The fraction of sp³-hybridized carbons (Fsp3) is 0.455. The van der Waals surface area contributed by atoms with E-state index in [9.17, 15) is 9.90 Å². The second-order valence-electron chi connectivity index (χ2n) is 3.46. The highest BCUT2D eigenvalue weighted by Gasteiger charge is 2.08. The number of aliphatic hydroxyl groups is 1. The Morgan fingerprint density at radius 3 is 3.12 bits per heavy atom. The monoisotopic (exact) mass is 253 g/mol. The first-order valence-electron chi connectivity index (χ1n) is 5.28. The molecule has 1 unspecified atom stereocenters. The van der Waals surface area contributed by atoms with Crippen LogP contribution in [0.5, 0.6) is 0 Å². The van der Waals surface area contributed by atoms with Gasteiger partial charge in [0, 0.05) is 13.1 Å². The number of rotatable bonds is 7. The van der Waals surface area contributed by atoms with Crippen molar-refractivity contribution in [3.63, 3.8) is 0 Å². The molecule has 0 fully saturated rings. The number of hydrogen-bond acceptors (Lipinski definition) is 5. The van der Waals surface area contributed by atoms with Gasteiger partial charge in [-0.3, -0.25) is 4.79 Å². The summed E-state index contributed by atoms with van der Waals surface area (Å²) in [6.07, 6.45) is -0.281. The van der Waals surface area contributed by atoms with Gasteiger partial charge in [-0.1, -0.05) is 0 Å². The Kier molecular flexibility index (Phi) is 6.25. The summed E-state index contributed by atoms with van der Waals surface area (Å²) in [5, 5.41) is 27.2. The molecule has 1 atom stereocenters. The van der Waals surface area contributed by atoms with Crippen LogP contribution in [0.1, 0.15) is 18.1 Å². The van der Waals surface area contributed by atoms with Crippen LogP contribution in [-0.2, 0) is 4.79 Å². The molecule has 6 heteroatoms. The average molecular weight is 253 g/mol. The van der Waals surface area contributed by atoms with Crippen molar-refractivity contribution in [2.45, 2.75) is 12.5 Å². The van der Waals surface area contributed by atoms with E-state index in [1.807, 2.05) is 22.9 Å². The summed E-state index contributed by atoms with van der Waals surface area (Å²) in [7, 11) is 0. The fourth-order valence-electron chi connectivity index (χ4n) is 1.23. The van der Waals surface area contributed by atoms with E-state index >= 15 is 0 Å². The zero-order chi connectivity index (χ0) is 12.5. The maximum absolute atomic E-state index is 11.2. The van der Waals surface area contributed by atoms with Gasteiger partial charge in [-0.05, 0) is 22.4 Å². The lowest BCUT2D eigenvalue weighted by Crippen LogP contribution is -2.35. The first-order chi connectivity index (χ1) is 8.24. The number of nitriles is 1. The van der Waals surface area contributed by atoms with E-state index in [1.54, 1.807) is 0 Å². The molecule has 1 aromatic heterocycles. The van der Waals surface area contributed by atoms with Gasteiger partial charge in [0.1, 0.15) is 0 Å². The lowest BCUT2D eigenvalue weighted by atomic mass is 10.2. The third kappa shape index (κ3) is 5.45. The van der Waals surface area contributed by atoms with E-state index in [1.165, 1.54) is 11.3 Å². The number of nitrogens with one attached hydrogen (secondary N) is 2. The molecular formula is C11H15N3O2S. The summed E-state index contributed by atoms with van der Waals surface area (Å²) in [6, 6.07) is 3.79. The Bertz CT molecular complexity index is 373. The lowest BCUT2D eigenvalue weighted by Gasteiger charge is -2.10. The van der Waals surface area contributed by atoms with Crippen LogP contribution in [0.15, 0.2) is 16.8 Å². The third-order valence-electron chi connectivity index (χ3n) is 2.11. The molecule has 0 aliphatic rings. The van der Waals surface area contributed by atoms with Crippen molar-refractivity contribution in [1.82, 2.24) is 10.6 Å². The number of nitrogens with zero attached hydrogens (tertiary/aromatic N) is 1. The normalized spacial score (nSPS) is 11.8. The first kappa shape index (κ1) is 13.6. The predicted octanol–water partition coefficient (Wildman–Crippen LogP) is 0.401. The van der Waals surface area contributed by atoms with E-state index in [4.69, 9.17) is 5.26 Å². The van der Waals surface area contributed by atoms with Gasteiger partial charge in [-0.2, -0.15) is 16.6 Å². The highest BCUT2D eigenvalue weighted by molar-refractivity contribution is 7.07. The summed E-state index contributed by atoms with van der Waals surface area (Å²) in [4.78, 5) is 11.2. The Labute approximate surface area is 104 Å². The highest BCUT2D eigenvalue weighted by Crippen LogP contribution is 2.14. The molecule has 17 heavy (non-hydrogen) atoms. The molecule has 92 valence electrons. The minimum atomic E-state index is -0.590. The molecule has 1 aromatic rings. The number of aliphatic hydroxyl groups excluding tert-OH is 1. The van der Waals surface area contributed by atoms with Crippen molar-refractivity contribution in [2.75, 3.05) is 19.6 Å². The van der Waals surface area contributed by atoms with Crippen molar-refractivity contribution in [2.24, 2.45) is 0 Å². The Hall–Kier alpha value is -1.42. The molecule has 3 N–H and O–H groups in total. The maximum Gasteiger partial charge on any atom is 0.233 e. The molecule has 0 bridgehead atoms. The van der Waals surface area contributed by atoms with Gasteiger partial charge in [-0.25, -0.2) is 0 Å². The molecule has 1 heterocycles. The van der Waals surface area contributed by atoms with Crippen LogP contribution in [0.25, 0.3) is 0 Å². The predicted molar refractivity (Wildman–Crippen MR) is 65.4 cm³/mol. The fourth-order valence-corrected chi connectivity index (χ4v) is 1.93. The number of thiophene rings is 1. The van der Waals surface area contributed by atoms with Gasteiger partial charge < -0.3 is 15.7 Å². The van der Waals surface area contributed by atoms with Crippen LogP contribution in [0, 0.1) is 11.3 Å². The van der Waals surface area contributed by atoms with Crippen molar-refractivity contribution in [1.29, 1.82) is 5.26 Å². The molecule has 5 nitrogen and oxygen atoms in total. The highest BCUT2D eigenvalue weighted by atomic mass is 32.1. The second-order valence-corrected chi connectivity index (χ2v) is 4.24. The molecular weight excluding hydrogens is 238 g/mol. The minimum Gasteiger partial charge on any atom is -0.387 e. The topological polar surface area (TPSA) is 85.2 Å². The Balaban J connectivity index is 2.11. The Morgan fingerprint density at radius 1 is 1.65 bits per heavy atom. The van der Waals surface area contributed by atoms with Gasteiger partial charge in [0.2, 0.25) is 5.91 Å². The first-order valence-corrected chi connectivity index (χ1v) is 6.23. The van der Waals surface area contributed by atoms with E-state index < -0.39 is 6.10 Å². The SMILES string of the molecule is N#CCCNC(=O)CNCC(O)c1ccsc1. The average Bonchev–Trinajstić information content (AvgIpc) is 2.82. The van der Waals surface area contributed by atoms with Gasteiger partial charge >= 0.3 is 0 Å². The molecule has 0 saturated carbocycles. The van der Waals surface area contributed by atoms with E-state index in [0.29, 0.717) is 19.5 Å². The molecule has 0 aliphatic carbocycles. The van der Waals surface area contributed by atoms with E-state index in [0.717, 1.165) is 5.56 Å². The zero-order valence-corrected chi connectivity index (χ0v) is 10.2. The molecule has 1 amide bonds. The quantitative estimate of drug-likeness (QED) is 0.614. The van der Waals surface area contributed by atoms with Gasteiger partial charge in [0.25, 0.3) is 0 Å². The van der Waals surface area contributed by atoms with Crippen molar-refractivity contribution < 1.29 is 9.90 Å². The van der Waals surface area contributed by atoms with Crippen LogP contribution in [0.2, 0.25) is 0 Å². The largest absolute Gasteiger partial charge is 0.387 e. The number of carbonyl (C=O) groups excluding carboxylic acids is 1. The van der Waals surface area contributed by atoms with Gasteiger partial charge in [0.15, 0.2) is 0 Å². The molecule has 0 saturated heterocycles. The van der Waals surface area contributed by atoms with E-state index in [2.05, 4.69) is 10.6 Å². The van der Waals surface area contributed by atoms with E-state index in [-0.39, 0.29) is 12.5 Å². The van der Waals surface area contributed by atoms with Crippen molar-refractivity contribution >= 4 is 17.2 Å². The summed E-state index contributed by atoms with van der Waals surface area (Å²) in [6.45, 7) is 0.846. The zero-order valence-electron chi connectivity index (χ0n) is 9.35. The molecule has 1 rings (SSSR count). The maximum atomic E-state index is 11.2. The summed E-state index contributed by atoms with van der Waals surface area (Å²) in [5.41, 5.74) is 0.854. The van der Waals surface area contributed by atoms with Crippen LogP contribution >= 0.6 is 11.3 Å². The minimum absolute atomic E-state index is 0.145. The van der Waals surface area contributed by atoms with Crippen LogP contribution in [-0.4, -0.2) is 30.6 Å². The summed E-state index contributed by atoms with van der Waals surface area (Å²) >= 11 is 1.52. The van der Waals surface area contributed by atoms with Crippen molar-refractivity contribution in [3.8, 4) is 6.07 Å². The smallest absolute Gasteiger partial charge is 0.233 e. The summed E-state index contributed by atoms with van der Waals surface area (Å²) in [5.74, 6) is -0.169. The number of carbonyl (C=O) groups is 1. The standard InChI is InChI=1S/C11H15N3O2S/c12-3-1-4-14-11(16)7-13-6-10(15)9-2-5-17-8-9/h2,5,8,10,13,15H,1,4,6-7H2,(H,14,16). The van der Waals surface area contributed by atoms with Crippen molar-refractivity contribution in [3.05, 3.63) is 22.4 Å². The van der Waals surface area contributed by atoms with Crippen LogP contribution in [0.4, 0.5) is 0 Å². The molecule has 0 aliphatic heterocycles. The molecule has 0 spiro atoms. The third-order valence-corrected chi connectivity index (χ3v) is 2.81. The Morgan fingerprint density at radius 2 is 2.47 bits per heavy atom. The number of amides is 1.